The Morgan fingerprint density at radius 3 is 2.27 bits per heavy atom. The lowest BCUT2D eigenvalue weighted by Crippen LogP contribution is -2.13. The molecule has 0 saturated carbocycles. The molecular formula is C17H18F2O3. The predicted molar refractivity (Wildman–Crippen MR) is 78.8 cm³/mol. The largest absolute Gasteiger partial charge is 0.491 e. The average molecular weight is 308 g/mol. The average Bonchev–Trinajstić information content (AvgIpc) is 2.51. The van der Waals surface area contributed by atoms with Crippen molar-refractivity contribution in [1.29, 1.82) is 0 Å². The Hall–Kier alpha value is -1.98. The van der Waals surface area contributed by atoms with E-state index in [-0.39, 0.29) is 12.2 Å². The first-order chi connectivity index (χ1) is 10.6. The molecule has 2 aromatic carbocycles. The van der Waals surface area contributed by atoms with Crippen LogP contribution in [-0.4, -0.2) is 25.4 Å². The van der Waals surface area contributed by atoms with Crippen molar-refractivity contribution in [1.82, 2.24) is 0 Å². The van der Waals surface area contributed by atoms with Gasteiger partial charge in [0.2, 0.25) is 0 Å². The Balaban J connectivity index is 1.95. The molecule has 1 unspecified atom stereocenters. The van der Waals surface area contributed by atoms with Crippen LogP contribution in [0.15, 0.2) is 42.5 Å². The van der Waals surface area contributed by atoms with Crippen molar-refractivity contribution >= 4 is 0 Å². The molecular weight excluding hydrogens is 290 g/mol. The van der Waals surface area contributed by atoms with Crippen LogP contribution in [0.5, 0.6) is 5.75 Å². The minimum atomic E-state index is -1.37. The van der Waals surface area contributed by atoms with Crippen molar-refractivity contribution in [2.24, 2.45) is 0 Å². The van der Waals surface area contributed by atoms with Crippen LogP contribution < -0.4 is 4.74 Å². The van der Waals surface area contributed by atoms with E-state index in [1.165, 1.54) is 6.07 Å². The number of methoxy groups -OCH3 is 1. The summed E-state index contributed by atoms with van der Waals surface area (Å²) in [7, 11) is 1.64. The highest BCUT2D eigenvalue weighted by atomic mass is 19.1. The van der Waals surface area contributed by atoms with Gasteiger partial charge in [-0.1, -0.05) is 18.2 Å². The van der Waals surface area contributed by atoms with Crippen molar-refractivity contribution in [3.05, 3.63) is 65.2 Å². The molecule has 0 amide bonds. The van der Waals surface area contributed by atoms with E-state index in [2.05, 4.69) is 0 Å². The number of hydrogen-bond donors (Lipinski definition) is 1. The molecule has 2 rings (SSSR count). The monoisotopic (exact) mass is 308 g/mol. The van der Waals surface area contributed by atoms with Crippen LogP contribution in [-0.2, 0) is 11.2 Å². The lowest BCUT2D eigenvalue weighted by Gasteiger charge is -2.14. The third-order valence-electron chi connectivity index (χ3n) is 3.26. The fourth-order valence-corrected chi connectivity index (χ4v) is 2.06. The Labute approximate surface area is 128 Å². The van der Waals surface area contributed by atoms with Gasteiger partial charge in [-0.2, -0.15) is 0 Å². The van der Waals surface area contributed by atoms with E-state index >= 15 is 0 Å². The summed E-state index contributed by atoms with van der Waals surface area (Å²) in [6, 6.07) is 10.7. The maximum atomic E-state index is 13.5. The molecule has 118 valence electrons. The van der Waals surface area contributed by atoms with Gasteiger partial charge in [0, 0.05) is 7.11 Å². The highest BCUT2D eigenvalue weighted by Crippen LogP contribution is 2.22. The molecule has 0 fully saturated rings. The molecule has 0 bridgehead atoms. The van der Waals surface area contributed by atoms with Gasteiger partial charge in [-0.3, -0.25) is 0 Å². The molecule has 0 aliphatic heterocycles. The highest BCUT2D eigenvalue weighted by molar-refractivity contribution is 5.28. The molecule has 0 aromatic heterocycles. The molecule has 2 aromatic rings. The Kier molecular flexibility index (Phi) is 5.86. The molecule has 0 saturated heterocycles. The van der Waals surface area contributed by atoms with Crippen LogP contribution in [0.2, 0.25) is 0 Å². The van der Waals surface area contributed by atoms with Crippen molar-refractivity contribution in [3.63, 3.8) is 0 Å². The minimum absolute atomic E-state index is 0.227. The van der Waals surface area contributed by atoms with Crippen molar-refractivity contribution in [3.8, 4) is 5.75 Å². The van der Waals surface area contributed by atoms with Gasteiger partial charge >= 0.3 is 0 Å². The second-order valence-electron chi connectivity index (χ2n) is 4.85. The molecule has 1 atom stereocenters. The van der Waals surface area contributed by atoms with Gasteiger partial charge in [0.25, 0.3) is 0 Å². The zero-order valence-electron chi connectivity index (χ0n) is 12.3. The Morgan fingerprint density at radius 1 is 1.05 bits per heavy atom. The minimum Gasteiger partial charge on any atom is -0.491 e. The first-order valence-corrected chi connectivity index (χ1v) is 6.94. The van der Waals surface area contributed by atoms with Crippen molar-refractivity contribution < 1.29 is 23.4 Å². The van der Waals surface area contributed by atoms with Gasteiger partial charge < -0.3 is 14.6 Å². The van der Waals surface area contributed by atoms with E-state index in [4.69, 9.17) is 9.47 Å². The molecule has 0 radical (unpaired) electrons. The number of aliphatic hydroxyl groups is 1. The molecule has 5 heteroatoms. The summed E-state index contributed by atoms with van der Waals surface area (Å²) in [5, 5.41) is 9.89. The van der Waals surface area contributed by atoms with E-state index in [1.54, 1.807) is 19.2 Å². The number of benzene rings is 2. The normalized spacial score (nSPS) is 12.2. The summed E-state index contributed by atoms with van der Waals surface area (Å²) in [5.41, 5.74) is 0.717. The number of halogens is 2. The van der Waals surface area contributed by atoms with Crippen LogP contribution in [0.4, 0.5) is 8.78 Å². The lowest BCUT2D eigenvalue weighted by atomic mass is 10.1. The van der Waals surface area contributed by atoms with Gasteiger partial charge in [0.05, 0.1) is 12.2 Å². The first kappa shape index (κ1) is 16.4. The predicted octanol–water partition coefficient (Wildman–Crippen LogP) is 3.27. The molecule has 0 aliphatic carbocycles. The van der Waals surface area contributed by atoms with E-state index in [0.29, 0.717) is 12.4 Å². The van der Waals surface area contributed by atoms with Gasteiger partial charge in [-0.15, -0.1) is 0 Å². The number of hydrogen-bond acceptors (Lipinski definition) is 3. The molecule has 3 nitrogen and oxygen atoms in total. The molecule has 0 aliphatic rings. The summed E-state index contributed by atoms with van der Waals surface area (Å²) >= 11 is 0. The quantitative estimate of drug-likeness (QED) is 0.853. The zero-order valence-corrected chi connectivity index (χ0v) is 12.3. The van der Waals surface area contributed by atoms with E-state index in [1.807, 2.05) is 12.1 Å². The fraction of sp³-hybridized carbons (Fsp3) is 0.294. The SMILES string of the molecule is COCCc1ccc(OCC(O)c2c(F)cccc2F)cc1. The Morgan fingerprint density at radius 2 is 1.68 bits per heavy atom. The van der Waals surface area contributed by atoms with Gasteiger partial charge in [-0.05, 0) is 36.2 Å². The summed E-state index contributed by atoms with van der Waals surface area (Å²) in [6.45, 7) is 0.404. The van der Waals surface area contributed by atoms with Crippen LogP contribution in [0.3, 0.4) is 0 Å². The fourth-order valence-electron chi connectivity index (χ4n) is 2.06. The molecule has 1 N–H and O–H groups in total. The van der Waals surface area contributed by atoms with Gasteiger partial charge in [0.15, 0.2) is 0 Å². The van der Waals surface area contributed by atoms with Crippen LogP contribution >= 0.6 is 0 Å². The molecule has 0 heterocycles. The topological polar surface area (TPSA) is 38.7 Å². The third kappa shape index (κ3) is 4.26. The second-order valence-corrected chi connectivity index (χ2v) is 4.85. The summed E-state index contributed by atoms with van der Waals surface area (Å²) in [6.07, 6.45) is -0.575. The first-order valence-electron chi connectivity index (χ1n) is 6.94. The third-order valence-corrected chi connectivity index (χ3v) is 3.26. The number of rotatable bonds is 7. The van der Waals surface area contributed by atoms with Crippen molar-refractivity contribution in [2.45, 2.75) is 12.5 Å². The maximum absolute atomic E-state index is 13.5. The maximum Gasteiger partial charge on any atom is 0.132 e. The van der Waals surface area contributed by atoms with E-state index in [9.17, 15) is 13.9 Å². The lowest BCUT2D eigenvalue weighted by molar-refractivity contribution is 0.101. The standard InChI is InChI=1S/C17H18F2O3/c1-21-10-9-12-5-7-13(8-6-12)22-11-16(20)17-14(18)3-2-4-15(17)19/h2-8,16,20H,9-11H2,1H3. The Bertz CT molecular complexity index is 579. The van der Waals surface area contributed by atoms with E-state index < -0.39 is 17.7 Å². The van der Waals surface area contributed by atoms with Gasteiger partial charge in [0.1, 0.15) is 30.1 Å². The number of aliphatic hydroxyl groups excluding tert-OH is 1. The second kappa shape index (κ2) is 7.87. The highest BCUT2D eigenvalue weighted by Gasteiger charge is 2.18. The van der Waals surface area contributed by atoms with Crippen LogP contribution in [0.1, 0.15) is 17.2 Å². The smallest absolute Gasteiger partial charge is 0.132 e. The van der Waals surface area contributed by atoms with Crippen molar-refractivity contribution in [2.75, 3.05) is 20.3 Å². The summed E-state index contributed by atoms with van der Waals surface area (Å²) < 4.78 is 37.4. The summed E-state index contributed by atoms with van der Waals surface area (Å²) in [4.78, 5) is 0. The van der Waals surface area contributed by atoms with E-state index in [0.717, 1.165) is 24.1 Å². The summed E-state index contributed by atoms with van der Waals surface area (Å²) in [5.74, 6) is -1.05. The van der Waals surface area contributed by atoms with Gasteiger partial charge in [-0.25, -0.2) is 8.78 Å². The van der Waals surface area contributed by atoms with Crippen LogP contribution in [0.25, 0.3) is 0 Å². The van der Waals surface area contributed by atoms with Crippen LogP contribution in [0, 0.1) is 11.6 Å². The molecule has 22 heavy (non-hydrogen) atoms. The molecule has 0 spiro atoms. The number of ether oxygens (including phenoxy) is 2. The zero-order chi connectivity index (χ0) is 15.9.